The number of likely N-dealkylation sites (N-methyl/N-ethyl adjacent to an activating group) is 1. The third-order valence-corrected chi connectivity index (χ3v) is 6.23. The number of hydrogen-bond acceptors (Lipinski definition) is 3. The van der Waals surface area contributed by atoms with Crippen molar-refractivity contribution in [1.29, 1.82) is 0 Å². The van der Waals surface area contributed by atoms with Crippen LogP contribution in [0.2, 0.25) is 0 Å². The molecular formula is C17H31NO2S. The van der Waals surface area contributed by atoms with Crippen molar-refractivity contribution < 1.29 is 9.53 Å². The Kier molecular flexibility index (Phi) is 6.87. The summed E-state index contributed by atoms with van der Waals surface area (Å²) in [6.07, 6.45) is 7.27. The maximum absolute atomic E-state index is 12.6. The minimum Gasteiger partial charge on any atom is -0.365 e. The van der Waals surface area contributed by atoms with Crippen LogP contribution in [0, 0.1) is 5.92 Å². The maximum atomic E-state index is 12.6. The fourth-order valence-corrected chi connectivity index (χ4v) is 4.66. The van der Waals surface area contributed by atoms with Gasteiger partial charge in [-0.15, -0.1) is 0 Å². The van der Waals surface area contributed by atoms with E-state index in [1.165, 1.54) is 31.4 Å². The first-order valence-corrected chi connectivity index (χ1v) is 9.70. The highest BCUT2D eigenvalue weighted by molar-refractivity contribution is 8.00. The van der Waals surface area contributed by atoms with Crippen molar-refractivity contribution >= 4 is 17.7 Å². The average Bonchev–Trinajstić information content (AvgIpc) is 2.99. The van der Waals surface area contributed by atoms with Crippen molar-refractivity contribution in [2.24, 2.45) is 5.92 Å². The van der Waals surface area contributed by atoms with Crippen LogP contribution in [-0.4, -0.2) is 47.1 Å². The van der Waals surface area contributed by atoms with E-state index >= 15 is 0 Å². The normalized spacial score (nSPS) is 31.1. The van der Waals surface area contributed by atoms with Crippen LogP contribution in [-0.2, 0) is 9.53 Å². The molecule has 2 unspecified atom stereocenters. The summed E-state index contributed by atoms with van der Waals surface area (Å²) in [4.78, 5) is 14.6. The van der Waals surface area contributed by atoms with Gasteiger partial charge in [-0.2, -0.15) is 11.8 Å². The molecule has 1 heterocycles. The van der Waals surface area contributed by atoms with E-state index in [9.17, 15) is 4.79 Å². The first kappa shape index (κ1) is 17.1. The molecule has 1 saturated carbocycles. The molecule has 1 aliphatic carbocycles. The smallest absolute Gasteiger partial charge is 0.251 e. The van der Waals surface area contributed by atoms with Crippen LogP contribution in [0.5, 0.6) is 0 Å². The van der Waals surface area contributed by atoms with Gasteiger partial charge in [0.1, 0.15) is 6.10 Å². The van der Waals surface area contributed by atoms with Gasteiger partial charge in [0, 0.05) is 18.3 Å². The molecule has 1 saturated heterocycles. The van der Waals surface area contributed by atoms with Crippen molar-refractivity contribution in [3.8, 4) is 0 Å². The van der Waals surface area contributed by atoms with Crippen LogP contribution in [0.3, 0.4) is 0 Å². The molecule has 122 valence electrons. The van der Waals surface area contributed by atoms with E-state index in [2.05, 4.69) is 13.8 Å². The van der Waals surface area contributed by atoms with Gasteiger partial charge in [0.05, 0.1) is 6.10 Å². The van der Waals surface area contributed by atoms with Gasteiger partial charge < -0.3 is 9.64 Å². The molecule has 4 heteroatoms. The molecule has 0 aromatic carbocycles. The van der Waals surface area contributed by atoms with Crippen molar-refractivity contribution in [3.05, 3.63) is 0 Å². The van der Waals surface area contributed by atoms with Gasteiger partial charge in [0.2, 0.25) is 0 Å². The average molecular weight is 314 g/mol. The highest BCUT2D eigenvalue weighted by Crippen LogP contribution is 2.28. The van der Waals surface area contributed by atoms with Crippen LogP contribution >= 0.6 is 11.8 Å². The van der Waals surface area contributed by atoms with Crippen molar-refractivity contribution in [1.82, 2.24) is 4.90 Å². The second kappa shape index (κ2) is 8.42. The molecule has 0 spiro atoms. The molecule has 2 atom stereocenters. The van der Waals surface area contributed by atoms with E-state index < -0.39 is 0 Å². The Labute approximate surface area is 134 Å². The quantitative estimate of drug-likeness (QED) is 0.748. The van der Waals surface area contributed by atoms with E-state index in [1.54, 1.807) is 0 Å². The lowest BCUT2D eigenvalue weighted by atomic mass is 9.89. The molecule has 1 aliphatic heterocycles. The highest BCUT2D eigenvalue weighted by atomic mass is 32.2. The molecular weight excluding hydrogens is 282 g/mol. The Morgan fingerprint density at radius 2 is 2.00 bits per heavy atom. The van der Waals surface area contributed by atoms with Crippen LogP contribution < -0.4 is 0 Å². The summed E-state index contributed by atoms with van der Waals surface area (Å²) < 4.78 is 6.05. The molecule has 0 aromatic rings. The zero-order valence-electron chi connectivity index (χ0n) is 13.8. The Hall–Kier alpha value is -0.220. The minimum atomic E-state index is -0.283. The van der Waals surface area contributed by atoms with Crippen LogP contribution in [0.4, 0.5) is 0 Å². The van der Waals surface area contributed by atoms with Crippen molar-refractivity contribution in [2.45, 2.75) is 76.8 Å². The molecule has 3 nitrogen and oxygen atoms in total. The fourth-order valence-electron chi connectivity index (χ4n) is 3.38. The van der Waals surface area contributed by atoms with Gasteiger partial charge >= 0.3 is 0 Å². The molecule has 2 aliphatic rings. The lowest BCUT2D eigenvalue weighted by molar-refractivity contribution is -0.147. The molecule has 0 N–H and O–H groups in total. The van der Waals surface area contributed by atoms with Crippen LogP contribution in [0.25, 0.3) is 0 Å². The number of amides is 1. The zero-order valence-corrected chi connectivity index (χ0v) is 14.7. The van der Waals surface area contributed by atoms with Gasteiger partial charge in [0.25, 0.3) is 5.91 Å². The van der Waals surface area contributed by atoms with E-state index in [1.807, 2.05) is 23.6 Å². The molecule has 0 radical (unpaired) electrons. The number of ether oxygens (including phenoxy) is 1. The predicted molar refractivity (Wildman–Crippen MR) is 89.7 cm³/mol. The van der Waals surface area contributed by atoms with E-state index in [0.717, 1.165) is 31.8 Å². The number of hydrogen-bond donors (Lipinski definition) is 0. The first-order valence-electron chi connectivity index (χ1n) is 8.66. The number of nitrogens with zero attached hydrogens (tertiary/aromatic N) is 1. The Bertz CT molecular complexity index is 323. The Morgan fingerprint density at radius 1 is 1.29 bits per heavy atom. The molecule has 2 fully saturated rings. The maximum Gasteiger partial charge on any atom is 0.251 e. The van der Waals surface area contributed by atoms with Gasteiger partial charge in [-0.25, -0.2) is 0 Å². The second-order valence-electron chi connectivity index (χ2n) is 6.67. The fraction of sp³-hybridized carbons (Fsp3) is 0.941. The lowest BCUT2D eigenvalue weighted by Gasteiger charge is -2.31. The minimum absolute atomic E-state index is 0.184. The van der Waals surface area contributed by atoms with Crippen molar-refractivity contribution in [2.75, 3.05) is 18.8 Å². The third kappa shape index (κ3) is 5.17. The number of carbonyl (C=O) groups is 1. The highest BCUT2D eigenvalue weighted by Gasteiger charge is 2.28. The first-order chi connectivity index (χ1) is 10.1. The molecule has 21 heavy (non-hydrogen) atoms. The molecule has 2 rings (SSSR count). The van der Waals surface area contributed by atoms with Gasteiger partial charge in [0.15, 0.2) is 0 Å². The summed E-state index contributed by atoms with van der Waals surface area (Å²) in [5.41, 5.74) is 0. The summed E-state index contributed by atoms with van der Waals surface area (Å²) in [7, 11) is 0. The number of carbonyl (C=O) groups excluding carboxylic acids is 1. The SMILES string of the molecule is CCN(CC1CCCS1)C(=O)C(C)OC1CCC(C)CC1. The van der Waals surface area contributed by atoms with Crippen LogP contribution in [0.1, 0.15) is 59.3 Å². The largest absolute Gasteiger partial charge is 0.365 e. The lowest BCUT2D eigenvalue weighted by Crippen LogP contribution is -2.43. The Morgan fingerprint density at radius 3 is 2.57 bits per heavy atom. The summed E-state index contributed by atoms with van der Waals surface area (Å²) in [5, 5.41) is 0.636. The molecule has 0 bridgehead atoms. The standard InChI is InChI=1S/C17H31NO2S/c1-4-18(12-16-6-5-11-21-16)17(19)14(3)20-15-9-7-13(2)8-10-15/h13-16H,4-12H2,1-3H3. The van der Waals surface area contributed by atoms with Crippen molar-refractivity contribution in [3.63, 3.8) is 0 Å². The molecule has 1 amide bonds. The molecule has 0 aromatic heterocycles. The van der Waals surface area contributed by atoms with E-state index in [4.69, 9.17) is 4.74 Å². The van der Waals surface area contributed by atoms with Gasteiger partial charge in [-0.05, 0) is 64.0 Å². The van der Waals surface area contributed by atoms with Gasteiger partial charge in [-0.1, -0.05) is 6.92 Å². The Balaban J connectivity index is 1.78. The summed E-state index contributed by atoms with van der Waals surface area (Å²) in [5.74, 6) is 2.26. The summed E-state index contributed by atoms with van der Waals surface area (Å²) in [6, 6.07) is 0. The number of thioether (sulfide) groups is 1. The van der Waals surface area contributed by atoms with Crippen LogP contribution in [0.15, 0.2) is 0 Å². The summed E-state index contributed by atoms with van der Waals surface area (Å²) >= 11 is 2.02. The van der Waals surface area contributed by atoms with Gasteiger partial charge in [-0.3, -0.25) is 4.79 Å². The second-order valence-corrected chi connectivity index (χ2v) is 8.08. The third-order valence-electron chi connectivity index (χ3n) is 4.85. The summed E-state index contributed by atoms with van der Waals surface area (Å²) in [6.45, 7) is 8.01. The van der Waals surface area contributed by atoms with E-state index in [-0.39, 0.29) is 12.0 Å². The zero-order chi connectivity index (χ0) is 15.2. The number of rotatable bonds is 6. The monoisotopic (exact) mass is 313 g/mol. The van der Waals surface area contributed by atoms with E-state index in [0.29, 0.717) is 11.4 Å². The topological polar surface area (TPSA) is 29.5 Å². The predicted octanol–water partition coefficient (Wildman–Crippen LogP) is 3.71.